The molecule has 1 aliphatic heterocycles. The molecule has 1 aromatic heterocycles. The van der Waals surface area contributed by atoms with E-state index >= 15 is 0 Å². The van der Waals surface area contributed by atoms with E-state index in [2.05, 4.69) is 16.5 Å². The number of nitriles is 1. The first kappa shape index (κ1) is 15.9. The molecule has 0 saturated heterocycles. The van der Waals surface area contributed by atoms with E-state index in [0.717, 1.165) is 42.5 Å². The summed E-state index contributed by atoms with van der Waals surface area (Å²) in [7, 11) is 0. The van der Waals surface area contributed by atoms with Crippen LogP contribution in [0.3, 0.4) is 0 Å². The zero-order valence-corrected chi connectivity index (χ0v) is 14.5. The summed E-state index contributed by atoms with van der Waals surface area (Å²) in [6, 6.07) is 8.07. The Morgan fingerprint density at radius 1 is 1.32 bits per heavy atom. The lowest BCUT2D eigenvalue weighted by atomic mass is 9.97. The first-order valence-corrected chi connectivity index (χ1v) is 9.02. The highest BCUT2D eigenvalue weighted by Crippen LogP contribution is 2.31. The maximum atomic E-state index is 12.4. The average molecular weight is 334 g/mol. The van der Waals surface area contributed by atoms with Crippen molar-refractivity contribution in [2.75, 3.05) is 0 Å². The van der Waals surface area contributed by atoms with Gasteiger partial charge in [0.05, 0.1) is 30.4 Å². The van der Waals surface area contributed by atoms with Crippen LogP contribution in [0, 0.1) is 24.2 Å². The average Bonchev–Trinajstić information content (AvgIpc) is 3.31. The summed E-state index contributed by atoms with van der Waals surface area (Å²) in [5, 5.41) is 16.8. The van der Waals surface area contributed by atoms with E-state index in [9.17, 15) is 4.79 Å². The Balaban J connectivity index is 1.52. The molecule has 4 rings (SSSR count). The van der Waals surface area contributed by atoms with Crippen LogP contribution in [0.25, 0.3) is 11.1 Å². The third-order valence-electron chi connectivity index (χ3n) is 5.50. The Morgan fingerprint density at radius 3 is 2.84 bits per heavy atom. The number of aryl methyl sites for hydroxylation is 1. The van der Waals surface area contributed by atoms with E-state index in [4.69, 9.17) is 5.26 Å². The molecular formula is C20H22N4O. The van der Waals surface area contributed by atoms with Gasteiger partial charge in [0.2, 0.25) is 5.91 Å². The highest BCUT2D eigenvalue weighted by atomic mass is 16.2. The van der Waals surface area contributed by atoms with Crippen molar-refractivity contribution in [3.05, 3.63) is 41.2 Å². The molecule has 5 heteroatoms. The van der Waals surface area contributed by atoms with Crippen LogP contribution in [-0.2, 0) is 17.8 Å². The highest BCUT2D eigenvalue weighted by molar-refractivity contribution is 5.79. The minimum atomic E-state index is 0.134. The van der Waals surface area contributed by atoms with Gasteiger partial charge in [-0.05, 0) is 43.0 Å². The number of carbonyl (C=O) groups is 1. The van der Waals surface area contributed by atoms with Crippen molar-refractivity contribution < 1.29 is 4.79 Å². The third-order valence-corrected chi connectivity index (χ3v) is 5.50. The zero-order valence-electron chi connectivity index (χ0n) is 14.5. The number of fused-ring (bicyclic) bond motifs is 1. The Kier molecular flexibility index (Phi) is 4.04. The molecule has 1 N–H and O–H groups in total. The molecule has 1 fully saturated rings. The van der Waals surface area contributed by atoms with Crippen LogP contribution in [0.2, 0.25) is 0 Å². The summed E-state index contributed by atoms with van der Waals surface area (Å²) in [5.41, 5.74) is 5.15. The molecule has 1 aromatic carbocycles. The number of benzene rings is 1. The van der Waals surface area contributed by atoms with Crippen LogP contribution in [0.1, 0.15) is 42.5 Å². The predicted octanol–water partition coefficient (Wildman–Crippen LogP) is 2.96. The number of nitrogens with zero attached hydrogens (tertiary/aromatic N) is 3. The van der Waals surface area contributed by atoms with Gasteiger partial charge in [-0.15, -0.1) is 0 Å². The van der Waals surface area contributed by atoms with Crippen molar-refractivity contribution >= 4 is 5.91 Å². The van der Waals surface area contributed by atoms with E-state index in [-0.39, 0.29) is 17.9 Å². The van der Waals surface area contributed by atoms with Crippen LogP contribution in [0.5, 0.6) is 0 Å². The van der Waals surface area contributed by atoms with Gasteiger partial charge in [-0.2, -0.15) is 10.4 Å². The SMILES string of the molecule is Cc1cc(C#N)ccc1-c1cnn2c1CC(NC(=O)C1CCCC1)C2. The summed E-state index contributed by atoms with van der Waals surface area (Å²) < 4.78 is 2.01. The van der Waals surface area contributed by atoms with E-state index in [1.54, 1.807) is 0 Å². The second-order valence-corrected chi connectivity index (χ2v) is 7.22. The van der Waals surface area contributed by atoms with Crippen molar-refractivity contribution in [2.24, 2.45) is 5.92 Å². The molecule has 0 radical (unpaired) electrons. The molecule has 1 saturated carbocycles. The minimum absolute atomic E-state index is 0.134. The highest BCUT2D eigenvalue weighted by Gasteiger charge is 2.30. The lowest BCUT2D eigenvalue weighted by Gasteiger charge is -2.15. The van der Waals surface area contributed by atoms with Crippen molar-refractivity contribution in [1.82, 2.24) is 15.1 Å². The summed E-state index contributed by atoms with van der Waals surface area (Å²) in [4.78, 5) is 12.4. The molecule has 1 amide bonds. The Morgan fingerprint density at radius 2 is 2.12 bits per heavy atom. The van der Waals surface area contributed by atoms with Gasteiger partial charge in [-0.25, -0.2) is 0 Å². The number of hydrogen-bond acceptors (Lipinski definition) is 3. The Labute approximate surface area is 147 Å². The number of rotatable bonds is 3. The molecule has 0 spiro atoms. The fourth-order valence-electron chi connectivity index (χ4n) is 4.15. The van der Waals surface area contributed by atoms with Crippen molar-refractivity contribution in [1.29, 1.82) is 5.26 Å². The van der Waals surface area contributed by atoms with Crippen LogP contribution < -0.4 is 5.32 Å². The van der Waals surface area contributed by atoms with Gasteiger partial charge in [-0.1, -0.05) is 18.9 Å². The zero-order chi connectivity index (χ0) is 17.4. The molecule has 1 unspecified atom stereocenters. The van der Waals surface area contributed by atoms with Crippen LogP contribution in [0.15, 0.2) is 24.4 Å². The normalized spacial score (nSPS) is 19.6. The molecule has 128 valence electrons. The van der Waals surface area contributed by atoms with Gasteiger partial charge in [0, 0.05) is 23.6 Å². The topological polar surface area (TPSA) is 70.7 Å². The lowest BCUT2D eigenvalue weighted by Crippen LogP contribution is -2.39. The molecule has 2 aliphatic rings. The smallest absolute Gasteiger partial charge is 0.223 e. The standard InChI is InChI=1S/C20H22N4O/c1-13-8-14(10-21)6-7-17(13)18-11-22-24-12-16(9-19(18)24)23-20(25)15-4-2-3-5-15/h6-8,11,15-16H,2-5,9,12H2,1H3,(H,23,25). The van der Waals surface area contributed by atoms with Crippen molar-refractivity contribution in [3.63, 3.8) is 0 Å². The maximum absolute atomic E-state index is 12.4. The monoisotopic (exact) mass is 334 g/mol. The van der Waals surface area contributed by atoms with Gasteiger partial charge in [0.1, 0.15) is 0 Å². The summed E-state index contributed by atoms with van der Waals surface area (Å²) >= 11 is 0. The van der Waals surface area contributed by atoms with E-state index < -0.39 is 0 Å². The quantitative estimate of drug-likeness (QED) is 0.938. The number of aromatic nitrogens is 2. The molecule has 1 aliphatic carbocycles. The van der Waals surface area contributed by atoms with Crippen LogP contribution in [0.4, 0.5) is 0 Å². The second-order valence-electron chi connectivity index (χ2n) is 7.22. The van der Waals surface area contributed by atoms with Gasteiger partial charge >= 0.3 is 0 Å². The van der Waals surface area contributed by atoms with Gasteiger partial charge in [0.25, 0.3) is 0 Å². The molecular weight excluding hydrogens is 312 g/mol. The summed E-state index contributed by atoms with van der Waals surface area (Å²) in [6.07, 6.45) is 7.11. The number of hydrogen-bond donors (Lipinski definition) is 1. The Hall–Kier alpha value is -2.61. The maximum Gasteiger partial charge on any atom is 0.223 e. The van der Waals surface area contributed by atoms with E-state index in [1.807, 2.05) is 36.0 Å². The Bertz CT molecular complexity index is 855. The predicted molar refractivity (Wildman–Crippen MR) is 94.7 cm³/mol. The van der Waals surface area contributed by atoms with Crippen molar-refractivity contribution in [2.45, 2.75) is 51.6 Å². The molecule has 0 bridgehead atoms. The molecule has 25 heavy (non-hydrogen) atoms. The van der Waals surface area contributed by atoms with Crippen LogP contribution >= 0.6 is 0 Å². The fraction of sp³-hybridized carbons (Fsp3) is 0.450. The fourth-order valence-corrected chi connectivity index (χ4v) is 4.15. The van der Waals surface area contributed by atoms with E-state index in [0.29, 0.717) is 5.56 Å². The molecule has 5 nitrogen and oxygen atoms in total. The number of carbonyl (C=O) groups excluding carboxylic acids is 1. The molecule has 1 atom stereocenters. The third kappa shape index (κ3) is 2.93. The first-order chi connectivity index (χ1) is 12.2. The van der Waals surface area contributed by atoms with Gasteiger partial charge < -0.3 is 5.32 Å². The molecule has 2 aromatic rings. The van der Waals surface area contributed by atoms with Gasteiger partial charge in [-0.3, -0.25) is 9.48 Å². The van der Waals surface area contributed by atoms with Crippen LogP contribution in [-0.4, -0.2) is 21.7 Å². The summed E-state index contributed by atoms with van der Waals surface area (Å²) in [5.74, 6) is 0.414. The number of amides is 1. The summed E-state index contributed by atoms with van der Waals surface area (Å²) in [6.45, 7) is 2.76. The minimum Gasteiger partial charge on any atom is -0.351 e. The second kappa shape index (κ2) is 6.36. The lowest BCUT2D eigenvalue weighted by molar-refractivity contribution is -0.125. The van der Waals surface area contributed by atoms with Gasteiger partial charge in [0.15, 0.2) is 0 Å². The van der Waals surface area contributed by atoms with Crippen molar-refractivity contribution in [3.8, 4) is 17.2 Å². The largest absolute Gasteiger partial charge is 0.351 e. The van der Waals surface area contributed by atoms with E-state index in [1.165, 1.54) is 18.5 Å². The molecule has 2 heterocycles. The number of nitrogens with one attached hydrogen (secondary N) is 1. The first-order valence-electron chi connectivity index (χ1n) is 9.02.